The first kappa shape index (κ1) is 22.7. The van der Waals surface area contributed by atoms with E-state index in [1.165, 1.54) is 0 Å². The van der Waals surface area contributed by atoms with Gasteiger partial charge in [-0.25, -0.2) is 13.1 Å². The van der Waals surface area contributed by atoms with Gasteiger partial charge in [0, 0.05) is 25.4 Å². The lowest BCUT2D eigenvalue weighted by Crippen LogP contribution is -2.60. The molecule has 3 fully saturated rings. The highest BCUT2D eigenvalue weighted by atomic mass is 32.2. The van der Waals surface area contributed by atoms with Crippen LogP contribution >= 0.6 is 0 Å². The summed E-state index contributed by atoms with van der Waals surface area (Å²) in [6, 6.07) is -0.657. The monoisotopic (exact) mass is 428 g/mol. The molecule has 1 aliphatic heterocycles. The predicted octanol–water partition coefficient (Wildman–Crippen LogP) is 2.11. The maximum absolute atomic E-state index is 13.0. The van der Waals surface area contributed by atoms with Gasteiger partial charge < -0.3 is 9.64 Å². The number of nitrogens with one attached hydrogen (secondary N) is 1. The zero-order valence-electron chi connectivity index (χ0n) is 17.9. The molecule has 3 rings (SSSR count). The standard InChI is InChI=1S/C21H36N2O5S/c1-14(2)15-6-8-18(9-7-15)28-13-20-19(22-29(3,26)27)5-4-10-23(20)21(25)16-11-17(24)12-16/h14-16,18-20,22H,4-13H2,1-3H3/t15?,18?,19-,20-/m0/s1. The second-order valence-corrected chi connectivity index (χ2v) is 11.3. The highest BCUT2D eigenvalue weighted by Crippen LogP contribution is 2.33. The van der Waals surface area contributed by atoms with Crippen LogP contribution in [0.3, 0.4) is 0 Å². The van der Waals surface area contributed by atoms with Gasteiger partial charge in [-0.1, -0.05) is 13.8 Å². The van der Waals surface area contributed by atoms with Crippen LogP contribution in [0.15, 0.2) is 0 Å². The van der Waals surface area contributed by atoms with Crippen molar-refractivity contribution in [3.63, 3.8) is 0 Å². The van der Waals surface area contributed by atoms with Gasteiger partial charge in [0.1, 0.15) is 5.78 Å². The molecule has 1 saturated heterocycles. The third-order valence-electron chi connectivity index (χ3n) is 6.89. The molecule has 1 amide bonds. The third-order valence-corrected chi connectivity index (χ3v) is 7.62. The van der Waals surface area contributed by atoms with Gasteiger partial charge >= 0.3 is 0 Å². The molecule has 0 unspecified atom stereocenters. The molecule has 0 radical (unpaired) electrons. The summed E-state index contributed by atoms with van der Waals surface area (Å²) in [6.45, 7) is 5.48. The molecule has 7 nitrogen and oxygen atoms in total. The minimum atomic E-state index is -3.38. The smallest absolute Gasteiger partial charge is 0.226 e. The number of likely N-dealkylation sites (tertiary alicyclic amines) is 1. The summed E-state index contributed by atoms with van der Waals surface area (Å²) in [6.07, 6.45) is 7.74. The average Bonchev–Trinajstić information content (AvgIpc) is 2.63. The highest BCUT2D eigenvalue weighted by molar-refractivity contribution is 7.88. The van der Waals surface area contributed by atoms with Gasteiger partial charge in [-0.05, 0) is 50.4 Å². The SMILES string of the molecule is CC(C)C1CCC(OC[C@H]2[C@@H](NS(C)(=O)=O)CCCN2C(=O)C2CC(=O)C2)CC1. The van der Waals surface area contributed by atoms with Crippen LogP contribution in [-0.4, -0.2) is 62.6 Å². The number of carbonyl (C=O) groups is 2. The number of ether oxygens (including phenoxy) is 1. The summed E-state index contributed by atoms with van der Waals surface area (Å²) in [5, 5.41) is 0. The molecular weight excluding hydrogens is 392 g/mol. The van der Waals surface area contributed by atoms with Crippen LogP contribution in [0.1, 0.15) is 65.2 Å². The largest absolute Gasteiger partial charge is 0.376 e. The number of hydrogen-bond acceptors (Lipinski definition) is 5. The molecule has 0 spiro atoms. The maximum Gasteiger partial charge on any atom is 0.226 e. The molecule has 1 N–H and O–H groups in total. The number of Topliss-reactive ketones (excluding diaryl/α,β-unsaturated/α-hetero) is 1. The first-order valence-electron chi connectivity index (χ1n) is 11.0. The minimum absolute atomic E-state index is 0.0262. The normalized spacial score (nSPS) is 31.7. The fourth-order valence-electron chi connectivity index (χ4n) is 5.00. The van der Waals surface area contributed by atoms with E-state index in [1.54, 1.807) is 4.90 Å². The number of amides is 1. The van der Waals surface area contributed by atoms with Crippen molar-refractivity contribution < 1.29 is 22.7 Å². The zero-order valence-corrected chi connectivity index (χ0v) is 18.7. The van der Waals surface area contributed by atoms with Crippen molar-refractivity contribution in [3.05, 3.63) is 0 Å². The highest BCUT2D eigenvalue weighted by Gasteiger charge is 2.42. The van der Waals surface area contributed by atoms with Crippen LogP contribution in [0.2, 0.25) is 0 Å². The van der Waals surface area contributed by atoms with Crippen molar-refractivity contribution in [3.8, 4) is 0 Å². The van der Waals surface area contributed by atoms with Crippen molar-refractivity contribution in [1.82, 2.24) is 9.62 Å². The first-order valence-corrected chi connectivity index (χ1v) is 12.9. The van der Waals surface area contributed by atoms with Crippen molar-refractivity contribution in [2.75, 3.05) is 19.4 Å². The molecule has 8 heteroatoms. The summed E-state index contributed by atoms with van der Waals surface area (Å²) in [5.41, 5.74) is 0. The van der Waals surface area contributed by atoms with Crippen molar-refractivity contribution >= 4 is 21.7 Å². The van der Waals surface area contributed by atoms with Gasteiger partial charge in [-0.3, -0.25) is 9.59 Å². The van der Waals surface area contributed by atoms with E-state index in [1.807, 2.05) is 0 Å². The molecule has 0 bridgehead atoms. The van der Waals surface area contributed by atoms with E-state index in [0.29, 0.717) is 38.3 Å². The molecule has 166 valence electrons. The third kappa shape index (κ3) is 6.01. The summed E-state index contributed by atoms with van der Waals surface area (Å²) < 4.78 is 32.7. The molecule has 1 heterocycles. The zero-order chi connectivity index (χ0) is 21.2. The number of carbonyl (C=O) groups excluding carboxylic acids is 2. The quantitative estimate of drug-likeness (QED) is 0.670. The number of ketones is 1. The summed E-state index contributed by atoms with van der Waals surface area (Å²) >= 11 is 0. The Labute approximate surface area is 175 Å². The number of hydrogen-bond donors (Lipinski definition) is 1. The Hall–Kier alpha value is -0.990. The van der Waals surface area contributed by atoms with E-state index in [2.05, 4.69) is 18.6 Å². The Morgan fingerprint density at radius 1 is 1.17 bits per heavy atom. The van der Waals surface area contributed by atoms with Gasteiger partial charge in [0.15, 0.2) is 0 Å². The molecule has 0 aromatic rings. The molecule has 2 aliphatic carbocycles. The van der Waals surface area contributed by atoms with Crippen molar-refractivity contribution in [2.24, 2.45) is 17.8 Å². The van der Waals surface area contributed by atoms with Gasteiger partial charge in [0.05, 0.1) is 30.9 Å². The maximum atomic E-state index is 13.0. The topological polar surface area (TPSA) is 92.8 Å². The number of sulfonamides is 1. The van der Waals surface area contributed by atoms with Gasteiger partial charge in [-0.15, -0.1) is 0 Å². The lowest BCUT2D eigenvalue weighted by atomic mass is 9.80. The lowest BCUT2D eigenvalue weighted by molar-refractivity contribution is -0.150. The van der Waals surface area contributed by atoms with Gasteiger partial charge in [-0.2, -0.15) is 0 Å². The minimum Gasteiger partial charge on any atom is -0.376 e. The van der Waals surface area contributed by atoms with Crippen LogP contribution in [-0.2, 0) is 24.3 Å². The van der Waals surface area contributed by atoms with E-state index in [9.17, 15) is 18.0 Å². The average molecular weight is 429 g/mol. The Bertz CT molecular complexity index is 692. The lowest BCUT2D eigenvalue weighted by Gasteiger charge is -2.44. The summed E-state index contributed by atoms with van der Waals surface area (Å²) in [7, 11) is -3.38. The molecule has 0 aromatic heterocycles. The Balaban J connectivity index is 1.64. The molecule has 2 atom stereocenters. The van der Waals surface area contributed by atoms with Crippen molar-refractivity contribution in [1.29, 1.82) is 0 Å². The van der Waals surface area contributed by atoms with E-state index < -0.39 is 10.0 Å². The van der Waals surface area contributed by atoms with Crippen LogP contribution in [0.4, 0.5) is 0 Å². The molecular formula is C21H36N2O5S. The van der Waals surface area contributed by atoms with E-state index in [0.717, 1.165) is 44.3 Å². The Morgan fingerprint density at radius 3 is 2.38 bits per heavy atom. The van der Waals surface area contributed by atoms with Crippen molar-refractivity contribution in [2.45, 2.75) is 83.4 Å². The van der Waals surface area contributed by atoms with Crippen LogP contribution in [0, 0.1) is 17.8 Å². The summed E-state index contributed by atoms with van der Waals surface area (Å²) in [4.78, 5) is 26.1. The van der Waals surface area contributed by atoms with Crippen LogP contribution in [0.5, 0.6) is 0 Å². The first-order chi connectivity index (χ1) is 13.6. The number of nitrogens with zero attached hydrogens (tertiary/aromatic N) is 1. The van der Waals surface area contributed by atoms with Crippen LogP contribution in [0.25, 0.3) is 0 Å². The summed E-state index contributed by atoms with van der Waals surface area (Å²) in [5.74, 6) is 1.29. The number of rotatable bonds is 7. The Kier molecular flexibility index (Phi) is 7.38. The van der Waals surface area contributed by atoms with Gasteiger partial charge in [0.25, 0.3) is 0 Å². The van der Waals surface area contributed by atoms with Crippen LogP contribution < -0.4 is 4.72 Å². The predicted molar refractivity (Wildman–Crippen MR) is 111 cm³/mol. The molecule has 3 aliphatic rings. The van der Waals surface area contributed by atoms with Gasteiger partial charge in [0.2, 0.25) is 15.9 Å². The second-order valence-electron chi connectivity index (χ2n) is 9.50. The fraction of sp³-hybridized carbons (Fsp3) is 0.905. The molecule has 2 saturated carbocycles. The van der Waals surface area contributed by atoms with E-state index in [-0.39, 0.29) is 35.8 Å². The second kappa shape index (κ2) is 9.43. The number of piperidine rings is 1. The molecule has 29 heavy (non-hydrogen) atoms. The molecule has 0 aromatic carbocycles. The van der Waals surface area contributed by atoms with E-state index in [4.69, 9.17) is 4.74 Å². The fourth-order valence-corrected chi connectivity index (χ4v) is 5.83. The van der Waals surface area contributed by atoms with E-state index >= 15 is 0 Å². The Morgan fingerprint density at radius 2 is 1.83 bits per heavy atom.